The van der Waals surface area contributed by atoms with Crippen LogP contribution in [0.25, 0.3) is 0 Å². The Bertz CT molecular complexity index is 544. The van der Waals surface area contributed by atoms with E-state index in [1.807, 2.05) is 19.1 Å². The molecule has 1 N–H and O–H groups in total. The van der Waals surface area contributed by atoms with Crippen molar-refractivity contribution in [3.63, 3.8) is 0 Å². The molecule has 1 heterocycles. The molecule has 0 aliphatic heterocycles. The van der Waals surface area contributed by atoms with Crippen LogP contribution in [-0.2, 0) is 0 Å². The number of benzene rings is 1. The van der Waals surface area contributed by atoms with Gasteiger partial charge in [0, 0.05) is 5.02 Å². The molecule has 0 amide bonds. The van der Waals surface area contributed by atoms with Crippen molar-refractivity contribution in [1.82, 2.24) is 5.32 Å². The smallest absolute Gasteiger partial charge is 0.169 e. The van der Waals surface area contributed by atoms with E-state index < -0.39 is 0 Å². The van der Waals surface area contributed by atoms with Gasteiger partial charge < -0.3 is 9.73 Å². The highest BCUT2D eigenvalue weighted by atomic mass is 79.9. The second kappa shape index (κ2) is 5.87. The number of rotatable bonds is 4. The van der Waals surface area contributed by atoms with Crippen molar-refractivity contribution in [2.24, 2.45) is 0 Å². The van der Waals surface area contributed by atoms with Gasteiger partial charge in [-0.05, 0) is 52.3 Å². The Morgan fingerprint density at radius 3 is 2.72 bits per heavy atom. The van der Waals surface area contributed by atoms with Crippen molar-refractivity contribution < 1.29 is 8.81 Å². The molecule has 2 aromatic rings. The minimum absolute atomic E-state index is 0.186. The van der Waals surface area contributed by atoms with Gasteiger partial charge in [-0.25, -0.2) is 4.39 Å². The summed E-state index contributed by atoms with van der Waals surface area (Å²) >= 11 is 9.35. The summed E-state index contributed by atoms with van der Waals surface area (Å²) in [6, 6.07) is 7.85. The Labute approximate surface area is 118 Å². The maximum Gasteiger partial charge on any atom is 0.169 e. The van der Waals surface area contributed by atoms with Crippen molar-refractivity contribution >= 4 is 27.5 Å². The van der Waals surface area contributed by atoms with E-state index >= 15 is 0 Å². The number of nitrogens with one attached hydrogen (secondary N) is 1. The van der Waals surface area contributed by atoms with Gasteiger partial charge in [-0.1, -0.05) is 24.6 Å². The zero-order valence-corrected chi connectivity index (χ0v) is 12.1. The third-order valence-electron chi connectivity index (χ3n) is 2.56. The molecule has 2 nitrogen and oxygen atoms in total. The zero-order chi connectivity index (χ0) is 13.1. The highest BCUT2D eigenvalue weighted by Gasteiger charge is 2.19. The quantitative estimate of drug-likeness (QED) is 0.889. The average Bonchev–Trinajstić information content (AvgIpc) is 2.73. The van der Waals surface area contributed by atoms with E-state index in [0.29, 0.717) is 9.69 Å². The summed E-state index contributed by atoms with van der Waals surface area (Å²) in [7, 11) is 0. The standard InChI is InChI=1S/C13H12BrClFNO/c1-2-17-13(11-5-6-12(14)18-11)9-4-3-8(16)7-10(9)15/h3-7,13,17H,2H2,1H3. The van der Waals surface area contributed by atoms with Crippen molar-refractivity contribution in [3.8, 4) is 0 Å². The van der Waals surface area contributed by atoms with Crippen LogP contribution >= 0.6 is 27.5 Å². The second-order valence-corrected chi connectivity index (χ2v) is 4.99. The number of furan rings is 1. The van der Waals surface area contributed by atoms with Crippen molar-refractivity contribution in [2.45, 2.75) is 13.0 Å². The van der Waals surface area contributed by atoms with Crippen LogP contribution in [0.1, 0.15) is 24.3 Å². The van der Waals surface area contributed by atoms with Crippen molar-refractivity contribution in [2.75, 3.05) is 6.54 Å². The van der Waals surface area contributed by atoms with Gasteiger partial charge in [0.2, 0.25) is 0 Å². The maximum atomic E-state index is 13.1. The molecule has 1 atom stereocenters. The highest BCUT2D eigenvalue weighted by molar-refractivity contribution is 9.10. The molecule has 0 aliphatic carbocycles. The zero-order valence-electron chi connectivity index (χ0n) is 9.71. The molecule has 0 spiro atoms. The van der Waals surface area contributed by atoms with E-state index in [2.05, 4.69) is 21.2 Å². The second-order valence-electron chi connectivity index (χ2n) is 3.80. The van der Waals surface area contributed by atoms with Crippen LogP contribution in [0, 0.1) is 5.82 Å². The van der Waals surface area contributed by atoms with Crippen molar-refractivity contribution in [3.05, 3.63) is 57.2 Å². The molecule has 2 rings (SSSR count). The lowest BCUT2D eigenvalue weighted by Gasteiger charge is -2.17. The Kier molecular flexibility index (Phi) is 4.43. The van der Waals surface area contributed by atoms with Crippen LogP contribution in [0.3, 0.4) is 0 Å². The first-order chi connectivity index (χ1) is 8.61. The molecular weight excluding hydrogens is 321 g/mol. The number of hydrogen-bond donors (Lipinski definition) is 1. The lowest BCUT2D eigenvalue weighted by atomic mass is 10.0. The van der Waals surface area contributed by atoms with Gasteiger partial charge in [-0.2, -0.15) is 0 Å². The Balaban J connectivity index is 2.41. The van der Waals surface area contributed by atoms with Gasteiger partial charge in [-0.15, -0.1) is 0 Å². The number of hydrogen-bond acceptors (Lipinski definition) is 2. The minimum atomic E-state index is -0.348. The van der Waals surface area contributed by atoms with Gasteiger partial charge >= 0.3 is 0 Å². The van der Waals surface area contributed by atoms with Crippen LogP contribution in [0.4, 0.5) is 4.39 Å². The molecule has 0 aliphatic rings. The monoisotopic (exact) mass is 331 g/mol. The predicted octanol–water partition coefficient (Wildman–Crippen LogP) is 4.53. The summed E-state index contributed by atoms with van der Waals surface area (Å²) < 4.78 is 19.3. The molecule has 0 bridgehead atoms. The van der Waals surface area contributed by atoms with Crippen LogP contribution in [-0.4, -0.2) is 6.54 Å². The Morgan fingerprint density at radius 1 is 1.39 bits per heavy atom. The van der Waals surface area contributed by atoms with Crippen molar-refractivity contribution in [1.29, 1.82) is 0 Å². The molecule has 0 fully saturated rings. The predicted molar refractivity (Wildman–Crippen MR) is 73.3 cm³/mol. The first-order valence-electron chi connectivity index (χ1n) is 5.55. The molecule has 5 heteroatoms. The van der Waals surface area contributed by atoms with E-state index in [4.69, 9.17) is 16.0 Å². The van der Waals surface area contributed by atoms with Gasteiger partial charge in [-0.3, -0.25) is 0 Å². The summed E-state index contributed by atoms with van der Waals surface area (Å²) in [6.07, 6.45) is 0. The van der Waals surface area contributed by atoms with E-state index in [-0.39, 0.29) is 11.9 Å². The number of halogens is 3. The molecule has 0 saturated heterocycles. The lowest BCUT2D eigenvalue weighted by Crippen LogP contribution is -2.21. The summed E-state index contributed by atoms with van der Waals surface area (Å²) in [6.45, 7) is 2.74. The molecular formula is C13H12BrClFNO. The molecule has 0 saturated carbocycles. The van der Waals surface area contributed by atoms with Gasteiger partial charge in [0.1, 0.15) is 11.6 Å². The topological polar surface area (TPSA) is 25.2 Å². The fourth-order valence-electron chi connectivity index (χ4n) is 1.79. The highest BCUT2D eigenvalue weighted by Crippen LogP contribution is 2.31. The van der Waals surface area contributed by atoms with E-state index in [1.54, 1.807) is 6.07 Å². The minimum Gasteiger partial charge on any atom is -0.452 e. The third-order valence-corrected chi connectivity index (χ3v) is 3.31. The summed E-state index contributed by atoms with van der Waals surface area (Å²) in [5, 5.41) is 3.65. The van der Waals surface area contributed by atoms with E-state index in [9.17, 15) is 4.39 Å². The molecule has 1 unspecified atom stereocenters. The normalized spacial score (nSPS) is 12.7. The fraction of sp³-hybridized carbons (Fsp3) is 0.231. The van der Waals surface area contributed by atoms with Crippen LogP contribution in [0.5, 0.6) is 0 Å². The summed E-state index contributed by atoms with van der Waals surface area (Å²) in [5.41, 5.74) is 0.793. The fourth-order valence-corrected chi connectivity index (χ4v) is 2.38. The first-order valence-corrected chi connectivity index (χ1v) is 6.72. The molecule has 18 heavy (non-hydrogen) atoms. The van der Waals surface area contributed by atoms with Gasteiger partial charge in [0.05, 0.1) is 6.04 Å². The van der Waals surface area contributed by atoms with Crippen LogP contribution in [0.2, 0.25) is 5.02 Å². The SMILES string of the molecule is CCNC(c1ccc(Br)o1)c1ccc(F)cc1Cl. The summed E-state index contributed by atoms with van der Waals surface area (Å²) in [4.78, 5) is 0. The van der Waals surface area contributed by atoms with Crippen LogP contribution in [0.15, 0.2) is 39.4 Å². The maximum absolute atomic E-state index is 13.1. The molecule has 1 aromatic carbocycles. The molecule has 1 aromatic heterocycles. The third kappa shape index (κ3) is 2.94. The lowest BCUT2D eigenvalue weighted by molar-refractivity contribution is 0.437. The summed E-state index contributed by atoms with van der Waals surface area (Å²) in [5.74, 6) is 0.386. The Morgan fingerprint density at radius 2 is 2.17 bits per heavy atom. The van der Waals surface area contributed by atoms with Gasteiger partial charge in [0.15, 0.2) is 4.67 Å². The van der Waals surface area contributed by atoms with Crippen LogP contribution < -0.4 is 5.32 Å². The average molecular weight is 333 g/mol. The molecule has 96 valence electrons. The molecule has 0 radical (unpaired) electrons. The first kappa shape index (κ1) is 13.6. The van der Waals surface area contributed by atoms with Gasteiger partial charge in [0.25, 0.3) is 0 Å². The largest absolute Gasteiger partial charge is 0.452 e. The Hall–Kier alpha value is -0.840. The van der Waals surface area contributed by atoms with E-state index in [0.717, 1.165) is 17.9 Å². The van der Waals surface area contributed by atoms with E-state index in [1.165, 1.54) is 12.1 Å².